The van der Waals surface area contributed by atoms with Crippen molar-refractivity contribution in [2.75, 3.05) is 26.7 Å². The molecule has 1 heterocycles. The Bertz CT molecular complexity index is 645. The van der Waals surface area contributed by atoms with Gasteiger partial charge in [0.25, 0.3) is 0 Å². The number of benzene rings is 2. The Kier molecular flexibility index (Phi) is 6.43. The molecule has 2 aromatic carbocycles. The maximum absolute atomic E-state index is 12.1. The molecule has 1 saturated heterocycles. The fourth-order valence-electron chi connectivity index (χ4n) is 3.44. The van der Waals surface area contributed by atoms with E-state index in [0.717, 1.165) is 32.5 Å². The first-order valence-corrected chi connectivity index (χ1v) is 8.19. The summed E-state index contributed by atoms with van der Waals surface area (Å²) in [4.78, 5) is 14.1. The number of hydrogen-bond donors (Lipinski definition) is 1. The van der Waals surface area contributed by atoms with Gasteiger partial charge in [-0.15, -0.1) is 12.4 Å². The highest BCUT2D eigenvalue weighted by Gasteiger charge is 2.24. The minimum absolute atomic E-state index is 0. The number of fused-ring (bicyclic) bond motifs is 1. The van der Waals surface area contributed by atoms with Crippen LogP contribution in [0.25, 0.3) is 10.8 Å². The molecule has 1 N–H and O–H groups in total. The molecule has 23 heavy (non-hydrogen) atoms. The van der Waals surface area contributed by atoms with E-state index in [9.17, 15) is 4.79 Å². The van der Waals surface area contributed by atoms with Crippen LogP contribution in [0, 0.1) is 0 Å². The van der Waals surface area contributed by atoms with Gasteiger partial charge in [0.15, 0.2) is 0 Å². The van der Waals surface area contributed by atoms with E-state index in [0.29, 0.717) is 12.3 Å². The van der Waals surface area contributed by atoms with E-state index in [4.69, 9.17) is 0 Å². The third-order valence-corrected chi connectivity index (χ3v) is 4.70. The second-order valence-electron chi connectivity index (χ2n) is 6.08. The first-order chi connectivity index (χ1) is 10.8. The van der Waals surface area contributed by atoms with Crippen LogP contribution in [0.3, 0.4) is 0 Å². The van der Waals surface area contributed by atoms with Crippen LogP contribution >= 0.6 is 12.4 Å². The van der Waals surface area contributed by atoms with Crippen LogP contribution in [0.2, 0.25) is 0 Å². The lowest BCUT2D eigenvalue weighted by atomic mass is 9.86. The number of carbonyl (C=O) groups excluding carboxylic acids is 1. The van der Waals surface area contributed by atoms with Crippen molar-refractivity contribution >= 4 is 29.1 Å². The van der Waals surface area contributed by atoms with Crippen LogP contribution < -0.4 is 5.32 Å². The predicted molar refractivity (Wildman–Crippen MR) is 98.3 cm³/mol. The number of likely N-dealkylation sites (tertiary alicyclic amines) is 1. The van der Waals surface area contributed by atoms with Crippen molar-refractivity contribution in [1.29, 1.82) is 0 Å². The molecule has 0 saturated carbocycles. The highest BCUT2D eigenvalue weighted by atomic mass is 35.5. The summed E-state index contributed by atoms with van der Waals surface area (Å²) in [5.74, 6) is 0.852. The summed E-state index contributed by atoms with van der Waals surface area (Å²) >= 11 is 0. The molecule has 1 aliphatic heterocycles. The van der Waals surface area contributed by atoms with Crippen molar-refractivity contribution in [3.05, 3.63) is 48.0 Å². The molecule has 1 aliphatic rings. The van der Waals surface area contributed by atoms with E-state index < -0.39 is 0 Å². The summed E-state index contributed by atoms with van der Waals surface area (Å²) in [5.41, 5.74) is 1.44. The van der Waals surface area contributed by atoms with E-state index in [1.54, 1.807) is 0 Å². The molecule has 124 valence electrons. The van der Waals surface area contributed by atoms with Crippen LogP contribution in [-0.4, -0.2) is 37.5 Å². The van der Waals surface area contributed by atoms with Crippen molar-refractivity contribution in [3.8, 4) is 0 Å². The van der Waals surface area contributed by atoms with Crippen LogP contribution in [-0.2, 0) is 4.79 Å². The van der Waals surface area contributed by atoms with Crippen molar-refractivity contribution in [1.82, 2.24) is 10.2 Å². The van der Waals surface area contributed by atoms with E-state index >= 15 is 0 Å². The summed E-state index contributed by atoms with van der Waals surface area (Å²) < 4.78 is 0. The molecule has 1 amide bonds. The molecule has 0 bridgehead atoms. The quantitative estimate of drug-likeness (QED) is 0.928. The molecule has 0 unspecified atom stereocenters. The Labute approximate surface area is 144 Å². The maximum atomic E-state index is 12.1. The van der Waals surface area contributed by atoms with Gasteiger partial charge in [-0.1, -0.05) is 42.5 Å². The van der Waals surface area contributed by atoms with Crippen LogP contribution in [0.4, 0.5) is 0 Å². The standard InChI is InChI=1S/C19H24N2O.ClH/c1-20-12-9-19(22)21-13-10-16(11-14-21)18-8-4-6-15-5-2-3-7-17(15)18;/h2-8,16,20H,9-14H2,1H3;1H. The Morgan fingerprint density at radius 1 is 1.13 bits per heavy atom. The molecule has 4 heteroatoms. The van der Waals surface area contributed by atoms with Crippen LogP contribution in [0.15, 0.2) is 42.5 Å². The number of carbonyl (C=O) groups is 1. The van der Waals surface area contributed by atoms with Gasteiger partial charge in [0.05, 0.1) is 0 Å². The molecule has 0 aliphatic carbocycles. The summed E-state index contributed by atoms with van der Waals surface area (Å²) in [7, 11) is 1.89. The number of hydrogen-bond acceptors (Lipinski definition) is 2. The van der Waals surface area contributed by atoms with Crippen LogP contribution in [0.5, 0.6) is 0 Å². The van der Waals surface area contributed by atoms with E-state index in [1.165, 1.54) is 16.3 Å². The third-order valence-electron chi connectivity index (χ3n) is 4.70. The normalized spacial score (nSPS) is 15.4. The minimum Gasteiger partial charge on any atom is -0.343 e. The van der Waals surface area contributed by atoms with Crippen molar-refractivity contribution in [3.63, 3.8) is 0 Å². The average molecular weight is 333 g/mol. The summed E-state index contributed by atoms with van der Waals surface area (Å²) in [6.07, 6.45) is 2.74. The largest absolute Gasteiger partial charge is 0.343 e. The lowest BCUT2D eigenvalue weighted by molar-refractivity contribution is -0.132. The van der Waals surface area contributed by atoms with E-state index in [-0.39, 0.29) is 18.3 Å². The second kappa shape index (κ2) is 8.32. The van der Waals surface area contributed by atoms with Gasteiger partial charge < -0.3 is 10.2 Å². The number of piperidine rings is 1. The summed E-state index contributed by atoms with van der Waals surface area (Å²) in [6, 6.07) is 15.2. The Hall–Kier alpha value is -1.58. The average Bonchev–Trinajstić information content (AvgIpc) is 2.59. The summed E-state index contributed by atoms with van der Waals surface area (Å²) in [6.45, 7) is 2.54. The van der Waals surface area contributed by atoms with Crippen molar-refractivity contribution in [2.45, 2.75) is 25.2 Å². The smallest absolute Gasteiger partial charge is 0.223 e. The second-order valence-corrected chi connectivity index (χ2v) is 6.08. The Morgan fingerprint density at radius 3 is 2.57 bits per heavy atom. The fraction of sp³-hybridized carbons (Fsp3) is 0.421. The number of rotatable bonds is 4. The molecule has 2 aromatic rings. The highest BCUT2D eigenvalue weighted by molar-refractivity contribution is 5.86. The van der Waals surface area contributed by atoms with E-state index in [2.05, 4.69) is 47.8 Å². The fourth-order valence-corrected chi connectivity index (χ4v) is 3.44. The van der Waals surface area contributed by atoms with Crippen molar-refractivity contribution in [2.24, 2.45) is 0 Å². The zero-order valence-corrected chi connectivity index (χ0v) is 14.4. The molecule has 0 radical (unpaired) electrons. The molecule has 1 fully saturated rings. The third kappa shape index (κ3) is 4.04. The highest BCUT2D eigenvalue weighted by Crippen LogP contribution is 2.33. The van der Waals surface area contributed by atoms with E-state index in [1.807, 2.05) is 11.9 Å². The van der Waals surface area contributed by atoms with Crippen molar-refractivity contribution < 1.29 is 4.79 Å². The van der Waals surface area contributed by atoms with Gasteiger partial charge in [-0.25, -0.2) is 0 Å². The topological polar surface area (TPSA) is 32.3 Å². The van der Waals surface area contributed by atoms with Gasteiger partial charge in [0.1, 0.15) is 0 Å². The lowest BCUT2D eigenvalue weighted by Gasteiger charge is -2.33. The molecule has 0 atom stereocenters. The molecule has 3 nitrogen and oxygen atoms in total. The number of halogens is 1. The number of nitrogens with one attached hydrogen (secondary N) is 1. The molecule has 0 aromatic heterocycles. The van der Waals surface area contributed by atoms with Gasteiger partial charge >= 0.3 is 0 Å². The first-order valence-electron chi connectivity index (χ1n) is 8.19. The monoisotopic (exact) mass is 332 g/mol. The van der Waals surface area contributed by atoms with Gasteiger partial charge in [0, 0.05) is 26.1 Å². The van der Waals surface area contributed by atoms with Gasteiger partial charge in [0.2, 0.25) is 5.91 Å². The SMILES string of the molecule is CNCCC(=O)N1CCC(c2cccc3ccccc23)CC1.Cl. The lowest BCUT2D eigenvalue weighted by Crippen LogP contribution is -2.38. The maximum Gasteiger partial charge on any atom is 0.223 e. The van der Waals surface area contributed by atoms with Crippen LogP contribution in [0.1, 0.15) is 30.7 Å². The molecule has 0 spiro atoms. The predicted octanol–water partition coefficient (Wildman–Crippen LogP) is 3.58. The summed E-state index contributed by atoms with van der Waals surface area (Å²) in [5, 5.41) is 5.72. The molecular formula is C19H25ClN2O. The number of nitrogens with zero attached hydrogens (tertiary/aromatic N) is 1. The van der Waals surface area contributed by atoms with Gasteiger partial charge in [-0.05, 0) is 42.1 Å². The van der Waals surface area contributed by atoms with Gasteiger partial charge in [-0.2, -0.15) is 0 Å². The zero-order chi connectivity index (χ0) is 15.4. The molecular weight excluding hydrogens is 308 g/mol. The Balaban J connectivity index is 0.00000192. The zero-order valence-electron chi connectivity index (χ0n) is 13.6. The van der Waals surface area contributed by atoms with Gasteiger partial charge in [-0.3, -0.25) is 4.79 Å². The number of amides is 1. The minimum atomic E-state index is 0. The first kappa shape index (κ1) is 17.8. The Morgan fingerprint density at radius 2 is 1.83 bits per heavy atom. The molecule has 3 rings (SSSR count).